The maximum Gasteiger partial charge on any atom is 0.193 e. The average Bonchev–Trinajstić information content (AvgIpc) is 3.14. The van der Waals surface area contributed by atoms with Crippen molar-refractivity contribution in [2.24, 2.45) is 16.8 Å². The van der Waals surface area contributed by atoms with Gasteiger partial charge in [-0.1, -0.05) is 13.8 Å². The van der Waals surface area contributed by atoms with Crippen molar-refractivity contribution in [2.75, 3.05) is 50.4 Å². The number of thioether (sulfide) groups is 1. The molecule has 2 heterocycles. The normalized spacial score (nSPS) is 24.0. The van der Waals surface area contributed by atoms with Crippen LogP contribution in [0.5, 0.6) is 0 Å². The van der Waals surface area contributed by atoms with Gasteiger partial charge in [0.2, 0.25) is 0 Å². The van der Waals surface area contributed by atoms with Gasteiger partial charge in [-0.15, -0.1) is 0 Å². The molecule has 2 fully saturated rings. The molecule has 2 aliphatic rings. The molecule has 2 saturated heterocycles. The van der Waals surface area contributed by atoms with Gasteiger partial charge < -0.3 is 15.1 Å². The van der Waals surface area contributed by atoms with Crippen molar-refractivity contribution >= 4 is 23.4 Å². The molecule has 2 aliphatic heterocycles. The molecule has 150 valence electrons. The first-order chi connectivity index (χ1) is 13.0. The second kappa shape index (κ2) is 9.13. The van der Waals surface area contributed by atoms with Crippen molar-refractivity contribution in [1.29, 1.82) is 0 Å². The van der Waals surface area contributed by atoms with Gasteiger partial charge in [-0.25, -0.2) is 8.78 Å². The van der Waals surface area contributed by atoms with Gasteiger partial charge in [0, 0.05) is 62.5 Å². The maximum atomic E-state index is 13.5. The van der Waals surface area contributed by atoms with Crippen molar-refractivity contribution < 1.29 is 8.78 Å². The molecule has 2 unspecified atom stereocenters. The SMILES string of the molecule is CN=C(NCC1CCN(c2ccc(F)c(F)c2)C1)N1CCSC(C(C)C)C1. The van der Waals surface area contributed by atoms with Crippen LogP contribution in [0.1, 0.15) is 20.3 Å². The smallest absolute Gasteiger partial charge is 0.193 e. The molecule has 0 spiro atoms. The molecule has 0 saturated carbocycles. The zero-order valence-corrected chi connectivity index (χ0v) is 17.2. The highest BCUT2D eigenvalue weighted by atomic mass is 32.2. The quantitative estimate of drug-likeness (QED) is 0.624. The minimum absolute atomic E-state index is 0.468. The van der Waals surface area contributed by atoms with E-state index in [1.807, 2.05) is 7.05 Å². The lowest BCUT2D eigenvalue weighted by molar-refractivity contribution is 0.377. The van der Waals surface area contributed by atoms with Gasteiger partial charge in [-0.05, 0) is 30.4 Å². The van der Waals surface area contributed by atoms with E-state index in [0.29, 0.717) is 17.1 Å². The van der Waals surface area contributed by atoms with E-state index in [-0.39, 0.29) is 0 Å². The highest BCUT2D eigenvalue weighted by molar-refractivity contribution is 8.00. The summed E-state index contributed by atoms with van der Waals surface area (Å²) in [5, 5.41) is 4.18. The molecule has 27 heavy (non-hydrogen) atoms. The summed E-state index contributed by atoms with van der Waals surface area (Å²) in [5.74, 6) is 1.67. The van der Waals surface area contributed by atoms with Crippen LogP contribution >= 0.6 is 11.8 Å². The van der Waals surface area contributed by atoms with Crippen molar-refractivity contribution in [2.45, 2.75) is 25.5 Å². The van der Waals surface area contributed by atoms with Crippen LogP contribution in [0.4, 0.5) is 14.5 Å². The second-order valence-corrected chi connectivity index (χ2v) is 9.07. The minimum Gasteiger partial charge on any atom is -0.371 e. The zero-order valence-electron chi connectivity index (χ0n) is 16.4. The summed E-state index contributed by atoms with van der Waals surface area (Å²) in [6.07, 6.45) is 1.04. The minimum atomic E-state index is -0.792. The molecule has 1 aromatic rings. The van der Waals surface area contributed by atoms with Crippen molar-refractivity contribution in [3.8, 4) is 0 Å². The largest absolute Gasteiger partial charge is 0.371 e. The fourth-order valence-corrected chi connectivity index (χ4v) is 5.05. The van der Waals surface area contributed by atoms with Crippen molar-refractivity contribution in [3.05, 3.63) is 29.8 Å². The first kappa shape index (κ1) is 20.2. The van der Waals surface area contributed by atoms with Crippen LogP contribution < -0.4 is 10.2 Å². The highest BCUT2D eigenvalue weighted by Gasteiger charge is 2.27. The standard InChI is InChI=1S/C20H30F2N4S/c1-14(2)19-13-26(8-9-27-19)20(23-3)24-11-15-6-7-25(12-15)16-4-5-17(21)18(22)10-16/h4-5,10,14-15,19H,6-9,11-13H2,1-3H3,(H,23,24). The van der Waals surface area contributed by atoms with Crippen LogP contribution in [-0.4, -0.2) is 61.6 Å². The van der Waals surface area contributed by atoms with Gasteiger partial charge in [-0.2, -0.15) is 11.8 Å². The van der Waals surface area contributed by atoms with E-state index in [4.69, 9.17) is 0 Å². The van der Waals surface area contributed by atoms with E-state index >= 15 is 0 Å². The zero-order chi connectivity index (χ0) is 19.4. The number of anilines is 1. The molecule has 1 N–H and O–H groups in total. The number of hydrogen-bond donors (Lipinski definition) is 1. The summed E-state index contributed by atoms with van der Waals surface area (Å²) in [6, 6.07) is 4.16. The molecule has 1 aromatic carbocycles. The number of nitrogens with one attached hydrogen (secondary N) is 1. The molecular weight excluding hydrogens is 366 g/mol. The average molecular weight is 397 g/mol. The van der Waals surface area contributed by atoms with Gasteiger partial charge in [0.15, 0.2) is 17.6 Å². The Hall–Kier alpha value is -1.50. The van der Waals surface area contributed by atoms with Crippen LogP contribution in [0.15, 0.2) is 23.2 Å². The number of benzene rings is 1. The molecule has 4 nitrogen and oxygen atoms in total. The predicted octanol–water partition coefficient (Wildman–Crippen LogP) is 3.44. The van der Waals surface area contributed by atoms with E-state index in [1.54, 1.807) is 6.07 Å². The number of halogens is 2. The number of rotatable bonds is 4. The van der Waals surface area contributed by atoms with Crippen LogP contribution in [0.3, 0.4) is 0 Å². The summed E-state index contributed by atoms with van der Waals surface area (Å²) in [6.45, 7) is 9.19. The van der Waals surface area contributed by atoms with Gasteiger partial charge in [0.25, 0.3) is 0 Å². The third-order valence-corrected chi connectivity index (χ3v) is 6.99. The molecule has 0 bridgehead atoms. The van der Waals surface area contributed by atoms with Crippen molar-refractivity contribution in [1.82, 2.24) is 10.2 Å². The van der Waals surface area contributed by atoms with E-state index in [1.165, 1.54) is 12.1 Å². The summed E-state index contributed by atoms with van der Waals surface area (Å²) >= 11 is 2.06. The molecule has 0 radical (unpaired) electrons. The summed E-state index contributed by atoms with van der Waals surface area (Å²) in [5.41, 5.74) is 0.758. The summed E-state index contributed by atoms with van der Waals surface area (Å²) in [7, 11) is 1.84. The molecule has 7 heteroatoms. The van der Waals surface area contributed by atoms with Crippen molar-refractivity contribution in [3.63, 3.8) is 0 Å². The van der Waals surface area contributed by atoms with Crippen LogP contribution in [-0.2, 0) is 0 Å². The lowest BCUT2D eigenvalue weighted by Gasteiger charge is -2.36. The summed E-state index contributed by atoms with van der Waals surface area (Å²) < 4.78 is 26.6. The molecule has 0 aliphatic carbocycles. The Kier molecular flexibility index (Phi) is 6.84. The van der Waals surface area contributed by atoms with Gasteiger partial charge >= 0.3 is 0 Å². The van der Waals surface area contributed by atoms with E-state index in [2.05, 4.69) is 45.7 Å². The lowest BCUT2D eigenvalue weighted by Crippen LogP contribution is -2.50. The number of guanidine groups is 1. The summed E-state index contributed by atoms with van der Waals surface area (Å²) in [4.78, 5) is 8.98. The number of hydrogen-bond acceptors (Lipinski definition) is 3. The molecule has 2 atom stereocenters. The Labute approximate surface area is 165 Å². The predicted molar refractivity (Wildman–Crippen MR) is 111 cm³/mol. The van der Waals surface area contributed by atoms with E-state index in [9.17, 15) is 8.78 Å². The number of aliphatic imine (C=N–C) groups is 1. The van der Waals surface area contributed by atoms with Gasteiger partial charge in [0.05, 0.1) is 0 Å². The fraction of sp³-hybridized carbons (Fsp3) is 0.650. The highest BCUT2D eigenvalue weighted by Crippen LogP contribution is 2.26. The monoisotopic (exact) mass is 396 g/mol. The Morgan fingerprint density at radius 1 is 1.26 bits per heavy atom. The van der Waals surface area contributed by atoms with Crippen LogP contribution in [0.25, 0.3) is 0 Å². The first-order valence-electron chi connectivity index (χ1n) is 9.75. The van der Waals surface area contributed by atoms with Gasteiger partial charge in [0.1, 0.15) is 0 Å². The second-order valence-electron chi connectivity index (χ2n) is 7.73. The first-order valence-corrected chi connectivity index (χ1v) is 10.8. The fourth-order valence-electron chi connectivity index (χ4n) is 3.75. The Morgan fingerprint density at radius 2 is 2.07 bits per heavy atom. The van der Waals surface area contributed by atoms with E-state index < -0.39 is 11.6 Å². The van der Waals surface area contributed by atoms with E-state index in [0.717, 1.165) is 56.5 Å². The number of nitrogens with zero attached hydrogens (tertiary/aromatic N) is 3. The third-order valence-electron chi connectivity index (χ3n) is 5.45. The Balaban J connectivity index is 1.51. The third kappa shape index (κ3) is 5.06. The molecule has 3 rings (SSSR count). The lowest BCUT2D eigenvalue weighted by atomic mass is 10.1. The molecular formula is C20H30F2N4S. The maximum absolute atomic E-state index is 13.5. The topological polar surface area (TPSA) is 30.9 Å². The van der Waals surface area contributed by atoms with Gasteiger partial charge in [-0.3, -0.25) is 4.99 Å². The Bertz CT molecular complexity index is 667. The molecule has 0 amide bonds. The van der Waals surface area contributed by atoms with Crippen LogP contribution in [0.2, 0.25) is 0 Å². The van der Waals surface area contributed by atoms with Crippen LogP contribution in [0, 0.1) is 23.5 Å². The molecule has 0 aromatic heterocycles. The Morgan fingerprint density at radius 3 is 2.78 bits per heavy atom.